The first-order chi connectivity index (χ1) is 3.80. The number of nitrogens with zero attached hydrogens (tertiary/aromatic N) is 2. The van der Waals surface area contributed by atoms with Gasteiger partial charge in [-0.05, 0) is 10.4 Å². The molecule has 2 heteroatoms. The van der Waals surface area contributed by atoms with Crippen LogP contribution in [-0.2, 0) is 0 Å². The molecular formula is C6H6N2. The van der Waals surface area contributed by atoms with Crippen molar-refractivity contribution in [1.29, 1.82) is 0 Å². The molecule has 0 unspecified atom stereocenters. The van der Waals surface area contributed by atoms with E-state index in [9.17, 15) is 0 Å². The summed E-state index contributed by atoms with van der Waals surface area (Å²) in [5.41, 5.74) is 0. The molecule has 0 aliphatic heterocycles. The lowest BCUT2D eigenvalue weighted by Gasteiger charge is -1.78. The number of rotatable bonds is 0. The first kappa shape index (κ1) is 4.97. The highest BCUT2D eigenvalue weighted by molar-refractivity contribution is 5.08. The molecule has 0 saturated carbocycles. The van der Waals surface area contributed by atoms with Gasteiger partial charge in [0, 0.05) is 0 Å². The molecule has 0 aliphatic rings. The lowest BCUT2D eigenvalue weighted by molar-refractivity contribution is 1.01. The topological polar surface area (TPSA) is 25.8 Å². The van der Waals surface area contributed by atoms with Gasteiger partial charge >= 0.3 is 0 Å². The second kappa shape index (κ2) is 1.74. The van der Waals surface area contributed by atoms with Gasteiger partial charge in [0.2, 0.25) is 0 Å². The van der Waals surface area contributed by atoms with Crippen molar-refractivity contribution in [1.82, 2.24) is 10.2 Å². The van der Waals surface area contributed by atoms with Gasteiger partial charge in [-0.3, -0.25) is 0 Å². The lowest BCUT2D eigenvalue weighted by Crippen LogP contribution is -2.22. The molecular weight excluding hydrogens is 100 g/mol. The van der Waals surface area contributed by atoms with E-state index < -0.39 is 0 Å². The van der Waals surface area contributed by atoms with E-state index in [4.69, 9.17) is 0 Å². The van der Waals surface area contributed by atoms with Crippen molar-refractivity contribution in [2.24, 2.45) is 0 Å². The van der Waals surface area contributed by atoms with E-state index >= 15 is 0 Å². The van der Waals surface area contributed by atoms with E-state index in [0.717, 1.165) is 10.4 Å². The molecule has 2 nitrogen and oxygen atoms in total. The highest BCUT2D eigenvalue weighted by Gasteiger charge is 1.73. The Hall–Kier alpha value is -1.18. The van der Waals surface area contributed by atoms with E-state index in [2.05, 4.69) is 23.4 Å². The summed E-state index contributed by atoms with van der Waals surface area (Å²) < 4.78 is 0. The molecule has 0 radical (unpaired) electrons. The average molecular weight is 106 g/mol. The zero-order valence-corrected chi connectivity index (χ0v) is 4.46. The fraction of sp³-hybridized carbons (Fsp3) is 0. The third kappa shape index (κ3) is 0.729. The summed E-state index contributed by atoms with van der Waals surface area (Å²) in [6, 6.07) is 0. The molecule has 0 bridgehead atoms. The van der Waals surface area contributed by atoms with E-state index in [1.54, 1.807) is 12.4 Å². The first-order valence-electron chi connectivity index (χ1n) is 2.25. The maximum Gasteiger partial charge on any atom is 0.0568 e. The van der Waals surface area contributed by atoms with Crippen molar-refractivity contribution in [3.8, 4) is 0 Å². The van der Waals surface area contributed by atoms with Crippen molar-refractivity contribution < 1.29 is 0 Å². The fourth-order valence-corrected chi connectivity index (χ4v) is 0.372. The Kier molecular flexibility index (Phi) is 1.08. The summed E-state index contributed by atoms with van der Waals surface area (Å²) in [6.45, 7) is 7.31. The normalized spacial score (nSPS) is 9.00. The third-order valence-electron chi connectivity index (χ3n) is 0.906. The Labute approximate surface area is 47.2 Å². The van der Waals surface area contributed by atoms with Crippen LogP contribution in [-0.4, -0.2) is 10.2 Å². The minimum absolute atomic E-state index is 0.833. The van der Waals surface area contributed by atoms with Crippen LogP contribution in [0.2, 0.25) is 0 Å². The Morgan fingerprint density at radius 2 is 1.38 bits per heavy atom. The third-order valence-corrected chi connectivity index (χ3v) is 0.906. The highest BCUT2D eigenvalue weighted by atomic mass is 15.1. The second-order valence-corrected chi connectivity index (χ2v) is 1.54. The fourth-order valence-electron chi connectivity index (χ4n) is 0.372. The van der Waals surface area contributed by atoms with Crippen LogP contribution in [0.1, 0.15) is 0 Å². The van der Waals surface area contributed by atoms with Crippen LogP contribution >= 0.6 is 0 Å². The van der Waals surface area contributed by atoms with Gasteiger partial charge in [-0.15, -0.1) is 0 Å². The molecule has 0 saturated heterocycles. The smallest absolute Gasteiger partial charge is 0.0568 e. The summed E-state index contributed by atoms with van der Waals surface area (Å²) in [5, 5.41) is 8.85. The van der Waals surface area contributed by atoms with Crippen LogP contribution < -0.4 is 10.4 Å². The molecule has 0 spiro atoms. The van der Waals surface area contributed by atoms with E-state index in [1.165, 1.54) is 0 Å². The molecule has 0 aromatic carbocycles. The quantitative estimate of drug-likeness (QED) is 0.437. The molecule has 8 heavy (non-hydrogen) atoms. The monoisotopic (exact) mass is 106 g/mol. The molecule has 0 aliphatic carbocycles. The Morgan fingerprint density at radius 3 is 1.62 bits per heavy atom. The van der Waals surface area contributed by atoms with Crippen LogP contribution in [0.4, 0.5) is 0 Å². The molecule has 0 atom stereocenters. The SMILES string of the molecule is C=c1cnncc1=C. The zero-order valence-electron chi connectivity index (χ0n) is 4.46. The summed E-state index contributed by atoms with van der Waals surface area (Å²) in [7, 11) is 0. The van der Waals surface area contributed by atoms with Crippen LogP contribution in [0, 0.1) is 0 Å². The van der Waals surface area contributed by atoms with E-state index in [1.807, 2.05) is 0 Å². The zero-order chi connectivity index (χ0) is 5.98. The molecule has 1 aromatic rings. The van der Waals surface area contributed by atoms with Gasteiger partial charge in [0.05, 0.1) is 12.4 Å². The van der Waals surface area contributed by atoms with Crippen LogP contribution in [0.5, 0.6) is 0 Å². The summed E-state index contributed by atoms with van der Waals surface area (Å²) in [5.74, 6) is 0. The standard InChI is InChI=1S/C6H6N2/c1-5-3-7-8-4-6(5)2/h3-4H,1-2H2. The van der Waals surface area contributed by atoms with Crippen LogP contribution in [0.15, 0.2) is 12.4 Å². The van der Waals surface area contributed by atoms with Crippen molar-refractivity contribution in [3.63, 3.8) is 0 Å². The molecule has 1 rings (SSSR count). The summed E-state index contributed by atoms with van der Waals surface area (Å²) in [4.78, 5) is 0. The highest BCUT2D eigenvalue weighted by Crippen LogP contribution is 1.47. The first-order valence-corrected chi connectivity index (χ1v) is 2.25. The second-order valence-electron chi connectivity index (χ2n) is 1.54. The molecule has 0 amide bonds. The largest absolute Gasteiger partial charge is 0.159 e. The number of hydrogen-bond donors (Lipinski definition) is 0. The van der Waals surface area contributed by atoms with Gasteiger partial charge in [0.15, 0.2) is 0 Å². The predicted octanol–water partition coefficient (Wildman–Crippen LogP) is -0.703. The van der Waals surface area contributed by atoms with Crippen molar-refractivity contribution in [3.05, 3.63) is 22.8 Å². The van der Waals surface area contributed by atoms with Gasteiger partial charge in [0.25, 0.3) is 0 Å². The molecule has 0 N–H and O–H groups in total. The number of hydrogen-bond acceptors (Lipinski definition) is 2. The Balaban J connectivity index is 3.59. The molecule has 1 heterocycles. The molecule has 40 valence electrons. The van der Waals surface area contributed by atoms with Gasteiger partial charge in [-0.25, -0.2) is 0 Å². The average Bonchev–Trinajstić information content (AvgIpc) is 1.77. The molecule has 1 aromatic heterocycles. The maximum atomic E-state index is 3.66. The predicted molar refractivity (Wildman–Crippen MR) is 32.3 cm³/mol. The van der Waals surface area contributed by atoms with E-state index in [0.29, 0.717) is 0 Å². The molecule has 0 fully saturated rings. The van der Waals surface area contributed by atoms with Gasteiger partial charge in [-0.2, -0.15) is 10.2 Å². The maximum absolute atomic E-state index is 3.66. The van der Waals surface area contributed by atoms with E-state index in [-0.39, 0.29) is 0 Å². The summed E-state index contributed by atoms with van der Waals surface area (Å²) >= 11 is 0. The summed E-state index contributed by atoms with van der Waals surface area (Å²) in [6.07, 6.45) is 3.17. The van der Waals surface area contributed by atoms with Crippen LogP contribution in [0.3, 0.4) is 0 Å². The van der Waals surface area contributed by atoms with Gasteiger partial charge < -0.3 is 0 Å². The van der Waals surface area contributed by atoms with Crippen molar-refractivity contribution in [2.75, 3.05) is 0 Å². The van der Waals surface area contributed by atoms with Crippen molar-refractivity contribution in [2.45, 2.75) is 0 Å². The minimum atomic E-state index is 0.833. The number of aromatic nitrogens is 2. The van der Waals surface area contributed by atoms with Gasteiger partial charge in [-0.1, -0.05) is 13.2 Å². The van der Waals surface area contributed by atoms with Gasteiger partial charge in [0.1, 0.15) is 0 Å². The Morgan fingerprint density at radius 1 is 1.00 bits per heavy atom. The lowest BCUT2D eigenvalue weighted by atomic mass is 10.4. The minimum Gasteiger partial charge on any atom is -0.159 e. The Bertz CT molecular complexity index is 237. The van der Waals surface area contributed by atoms with Crippen LogP contribution in [0.25, 0.3) is 13.2 Å². The van der Waals surface area contributed by atoms with Crippen molar-refractivity contribution >= 4 is 13.2 Å².